The summed E-state index contributed by atoms with van der Waals surface area (Å²) >= 11 is 5.64. The molecule has 9 heteroatoms. The summed E-state index contributed by atoms with van der Waals surface area (Å²) in [6.45, 7) is 1.18. The molecular weight excluding hydrogens is 310 g/mol. The van der Waals surface area contributed by atoms with Gasteiger partial charge in [-0.25, -0.2) is 13.2 Å². The zero-order chi connectivity index (χ0) is 15.3. The van der Waals surface area contributed by atoms with Crippen molar-refractivity contribution in [2.24, 2.45) is 0 Å². The van der Waals surface area contributed by atoms with Gasteiger partial charge in [0.05, 0.1) is 22.1 Å². The first-order valence-corrected chi connectivity index (χ1v) is 7.32. The summed E-state index contributed by atoms with van der Waals surface area (Å²) in [5.41, 5.74) is -0.342. The molecule has 110 valence electrons. The number of benzene rings is 1. The number of nitrogens with one attached hydrogen (secondary N) is 1. The van der Waals surface area contributed by atoms with E-state index < -0.39 is 28.5 Å². The highest BCUT2D eigenvalue weighted by atomic mass is 35.5. The normalized spacial score (nSPS) is 11.1. The molecule has 0 amide bonds. The SMILES string of the molecule is CCOC(=O)CNS(=O)(=O)c1ccc(Cl)c(C(=O)O)c1. The van der Waals surface area contributed by atoms with E-state index in [4.69, 9.17) is 16.7 Å². The van der Waals surface area contributed by atoms with Crippen molar-refractivity contribution < 1.29 is 27.9 Å². The van der Waals surface area contributed by atoms with Gasteiger partial charge in [0.25, 0.3) is 0 Å². The molecule has 0 spiro atoms. The monoisotopic (exact) mass is 321 g/mol. The van der Waals surface area contributed by atoms with E-state index in [-0.39, 0.29) is 22.1 Å². The highest BCUT2D eigenvalue weighted by Gasteiger charge is 2.19. The van der Waals surface area contributed by atoms with Crippen LogP contribution in [0.15, 0.2) is 23.1 Å². The van der Waals surface area contributed by atoms with Crippen LogP contribution in [0.25, 0.3) is 0 Å². The van der Waals surface area contributed by atoms with Gasteiger partial charge in [0, 0.05) is 0 Å². The number of halogens is 1. The summed E-state index contributed by atoms with van der Waals surface area (Å²) in [5, 5.41) is 8.79. The number of carbonyl (C=O) groups is 2. The molecule has 0 aliphatic heterocycles. The Hall–Kier alpha value is -1.64. The van der Waals surface area contributed by atoms with Crippen LogP contribution in [0.3, 0.4) is 0 Å². The molecule has 0 atom stereocenters. The molecule has 2 N–H and O–H groups in total. The van der Waals surface area contributed by atoms with E-state index in [1.165, 1.54) is 0 Å². The second-order valence-electron chi connectivity index (χ2n) is 3.58. The van der Waals surface area contributed by atoms with Crippen LogP contribution in [-0.4, -0.2) is 38.6 Å². The van der Waals surface area contributed by atoms with E-state index in [1.54, 1.807) is 6.92 Å². The van der Waals surface area contributed by atoms with Gasteiger partial charge < -0.3 is 9.84 Å². The Labute approximate surface area is 120 Å². The van der Waals surface area contributed by atoms with Crippen molar-refractivity contribution in [2.45, 2.75) is 11.8 Å². The highest BCUT2D eigenvalue weighted by Crippen LogP contribution is 2.20. The lowest BCUT2D eigenvalue weighted by Gasteiger charge is -2.08. The third-order valence-electron chi connectivity index (χ3n) is 2.19. The number of sulfonamides is 1. The third kappa shape index (κ3) is 4.19. The number of rotatable bonds is 6. The van der Waals surface area contributed by atoms with Crippen molar-refractivity contribution >= 4 is 33.6 Å². The maximum absolute atomic E-state index is 11.9. The molecule has 0 aromatic heterocycles. The fourth-order valence-electron chi connectivity index (χ4n) is 1.28. The Bertz CT molecular complexity index is 628. The average molecular weight is 322 g/mol. The molecule has 1 aromatic rings. The number of carbonyl (C=O) groups excluding carboxylic acids is 1. The van der Waals surface area contributed by atoms with Crippen molar-refractivity contribution in [3.05, 3.63) is 28.8 Å². The molecule has 0 bridgehead atoms. The summed E-state index contributed by atoms with van der Waals surface area (Å²) in [6, 6.07) is 3.21. The van der Waals surface area contributed by atoms with Crippen LogP contribution in [0.5, 0.6) is 0 Å². The minimum absolute atomic E-state index is 0.0816. The van der Waals surface area contributed by atoms with Crippen LogP contribution in [0, 0.1) is 0 Å². The summed E-state index contributed by atoms with van der Waals surface area (Å²) in [4.78, 5) is 21.7. The quantitative estimate of drug-likeness (QED) is 0.753. The first-order chi connectivity index (χ1) is 9.27. The van der Waals surface area contributed by atoms with Crippen molar-refractivity contribution in [3.8, 4) is 0 Å². The van der Waals surface area contributed by atoms with Crippen molar-refractivity contribution in [1.82, 2.24) is 4.72 Å². The largest absolute Gasteiger partial charge is 0.478 e. The van der Waals surface area contributed by atoms with Crippen LogP contribution in [0.1, 0.15) is 17.3 Å². The topological polar surface area (TPSA) is 110 Å². The van der Waals surface area contributed by atoms with E-state index in [2.05, 4.69) is 4.74 Å². The number of aromatic carboxylic acids is 1. The van der Waals surface area contributed by atoms with Gasteiger partial charge >= 0.3 is 11.9 Å². The molecule has 1 aromatic carbocycles. The smallest absolute Gasteiger partial charge is 0.337 e. The van der Waals surface area contributed by atoms with Gasteiger partial charge in [-0.05, 0) is 25.1 Å². The maximum atomic E-state index is 11.9. The standard InChI is InChI=1S/C11H12ClNO6S/c1-2-19-10(14)6-13-20(17,18)7-3-4-9(12)8(5-7)11(15)16/h3-5,13H,2,6H2,1H3,(H,15,16). The first-order valence-electron chi connectivity index (χ1n) is 5.46. The molecule has 0 saturated carbocycles. The predicted molar refractivity (Wildman–Crippen MR) is 70.2 cm³/mol. The Kier molecular flexibility index (Phi) is 5.49. The number of ether oxygens (including phenoxy) is 1. The molecule has 7 nitrogen and oxygen atoms in total. The molecule has 0 heterocycles. The maximum Gasteiger partial charge on any atom is 0.337 e. The predicted octanol–water partition coefficient (Wildman–Crippen LogP) is 0.880. The van der Waals surface area contributed by atoms with Gasteiger partial charge in [0.1, 0.15) is 6.54 Å². The van der Waals surface area contributed by atoms with Crippen LogP contribution in [-0.2, 0) is 19.6 Å². The fraction of sp³-hybridized carbons (Fsp3) is 0.273. The van der Waals surface area contributed by atoms with E-state index in [0.29, 0.717) is 0 Å². The molecule has 0 aliphatic carbocycles. The van der Waals surface area contributed by atoms with Crippen LogP contribution >= 0.6 is 11.6 Å². The lowest BCUT2D eigenvalue weighted by molar-refractivity contribution is -0.141. The second-order valence-corrected chi connectivity index (χ2v) is 5.75. The van der Waals surface area contributed by atoms with Gasteiger partial charge in [-0.2, -0.15) is 4.72 Å². The average Bonchev–Trinajstić information content (AvgIpc) is 2.37. The zero-order valence-corrected chi connectivity index (χ0v) is 12.0. The summed E-state index contributed by atoms with van der Waals surface area (Å²) < 4.78 is 30.3. The van der Waals surface area contributed by atoms with Crippen LogP contribution in [0.4, 0.5) is 0 Å². The molecular formula is C11H12ClNO6S. The van der Waals surface area contributed by atoms with E-state index in [9.17, 15) is 18.0 Å². The molecule has 0 radical (unpaired) electrons. The molecule has 0 fully saturated rings. The molecule has 0 unspecified atom stereocenters. The molecule has 0 aliphatic rings. The van der Waals surface area contributed by atoms with Gasteiger partial charge in [-0.3, -0.25) is 4.79 Å². The number of carboxylic acid groups (broad SMARTS) is 1. The van der Waals surface area contributed by atoms with Gasteiger partial charge in [0.15, 0.2) is 0 Å². The number of esters is 1. The van der Waals surface area contributed by atoms with Crippen molar-refractivity contribution in [1.29, 1.82) is 0 Å². The summed E-state index contributed by atoms with van der Waals surface area (Å²) in [6.07, 6.45) is 0. The fourth-order valence-corrected chi connectivity index (χ4v) is 2.48. The molecule has 0 saturated heterocycles. The Morgan fingerprint density at radius 2 is 2.05 bits per heavy atom. The summed E-state index contributed by atoms with van der Waals surface area (Å²) in [5.74, 6) is -2.08. The minimum Gasteiger partial charge on any atom is -0.478 e. The lowest BCUT2D eigenvalue weighted by atomic mass is 10.2. The van der Waals surface area contributed by atoms with Gasteiger partial charge in [-0.1, -0.05) is 11.6 Å². The minimum atomic E-state index is -4.02. The first kappa shape index (κ1) is 16.4. The third-order valence-corrected chi connectivity index (χ3v) is 3.92. The summed E-state index contributed by atoms with van der Waals surface area (Å²) in [7, 11) is -4.02. The Balaban J connectivity index is 2.96. The van der Waals surface area contributed by atoms with E-state index in [1.807, 2.05) is 4.72 Å². The van der Waals surface area contributed by atoms with Crippen LogP contribution < -0.4 is 4.72 Å². The van der Waals surface area contributed by atoms with Crippen LogP contribution in [0.2, 0.25) is 5.02 Å². The van der Waals surface area contributed by atoms with E-state index in [0.717, 1.165) is 18.2 Å². The second kappa shape index (κ2) is 6.69. The number of carboxylic acids is 1. The molecule has 20 heavy (non-hydrogen) atoms. The Morgan fingerprint density at radius 3 is 2.60 bits per heavy atom. The van der Waals surface area contributed by atoms with Crippen molar-refractivity contribution in [3.63, 3.8) is 0 Å². The zero-order valence-electron chi connectivity index (χ0n) is 10.4. The number of hydrogen-bond acceptors (Lipinski definition) is 5. The Morgan fingerprint density at radius 1 is 1.40 bits per heavy atom. The lowest BCUT2D eigenvalue weighted by Crippen LogP contribution is -2.30. The van der Waals surface area contributed by atoms with Crippen molar-refractivity contribution in [2.75, 3.05) is 13.2 Å². The van der Waals surface area contributed by atoms with E-state index >= 15 is 0 Å². The molecule has 1 rings (SSSR count). The van der Waals surface area contributed by atoms with Gasteiger partial charge in [-0.15, -0.1) is 0 Å². The number of hydrogen-bond donors (Lipinski definition) is 2. The van der Waals surface area contributed by atoms with Gasteiger partial charge in [0.2, 0.25) is 10.0 Å². The highest BCUT2D eigenvalue weighted by molar-refractivity contribution is 7.89.